The molecule has 5 rings (SSSR count). The van der Waals surface area contributed by atoms with Crippen LogP contribution in [-0.2, 0) is 10.0 Å². The summed E-state index contributed by atoms with van der Waals surface area (Å²) in [5.74, 6) is 0.194. The Kier molecular flexibility index (Phi) is 5.86. The van der Waals surface area contributed by atoms with Crippen LogP contribution < -0.4 is 15.4 Å². The molecule has 1 saturated heterocycles. The van der Waals surface area contributed by atoms with Crippen LogP contribution in [0.4, 0.5) is 0 Å². The quantitative estimate of drug-likeness (QED) is 0.709. The third-order valence-corrected chi connectivity index (χ3v) is 7.81. The third-order valence-electron chi connectivity index (χ3n) is 6.27. The van der Waals surface area contributed by atoms with Crippen LogP contribution in [0, 0.1) is 5.92 Å². The van der Waals surface area contributed by atoms with Gasteiger partial charge in [-0.1, -0.05) is 23.7 Å². The molecule has 0 bridgehead atoms. The molecular weight excluding hydrogens is 456 g/mol. The van der Waals surface area contributed by atoms with Crippen molar-refractivity contribution in [1.82, 2.24) is 9.29 Å². The highest BCUT2D eigenvalue weighted by Crippen LogP contribution is 2.34. The highest BCUT2D eigenvalue weighted by molar-refractivity contribution is 7.88. The maximum Gasteiger partial charge on any atom is 0.284 e. The Morgan fingerprint density at radius 3 is 2.73 bits per heavy atom. The Bertz CT molecular complexity index is 1450. The molecule has 8 heteroatoms. The van der Waals surface area contributed by atoms with Gasteiger partial charge in [0, 0.05) is 29.9 Å². The van der Waals surface area contributed by atoms with Crippen LogP contribution in [0.3, 0.4) is 0 Å². The Morgan fingerprint density at radius 1 is 1.18 bits per heavy atom. The van der Waals surface area contributed by atoms with E-state index in [1.54, 1.807) is 10.6 Å². The Labute approximate surface area is 198 Å². The molecule has 33 heavy (non-hydrogen) atoms. The standard InChI is InChI=1S/C25H23ClN4O2S/c1-33(31,32)30-11-8-17(9-12-30)24-22-7-5-20(26)14-19(22)13-18(4-6-21-15-27-16-29-21)23-3-2-10-28-25(23)24/h2-7,10,13-17H,8-9,11-12H2,1H3/p+1. The van der Waals surface area contributed by atoms with Crippen LogP contribution >= 0.6 is 11.6 Å². The second-order valence-electron chi connectivity index (χ2n) is 8.41. The van der Waals surface area contributed by atoms with Crippen LogP contribution in [0.25, 0.3) is 17.2 Å². The molecule has 1 aromatic carbocycles. The number of nitrogens with one attached hydrogen (secondary N) is 1. The van der Waals surface area contributed by atoms with E-state index in [0.717, 1.165) is 51.4 Å². The zero-order valence-corrected chi connectivity index (χ0v) is 19.8. The fourth-order valence-corrected chi connectivity index (χ4v) is 5.74. The first-order valence-corrected chi connectivity index (χ1v) is 13.1. The van der Waals surface area contributed by atoms with Gasteiger partial charge < -0.3 is 0 Å². The van der Waals surface area contributed by atoms with Gasteiger partial charge >= 0.3 is 0 Å². The lowest BCUT2D eigenvalue weighted by Crippen LogP contribution is -2.64. The molecule has 0 atom stereocenters. The molecule has 168 valence electrons. The first-order chi connectivity index (χ1) is 15.9. The van der Waals surface area contributed by atoms with Crippen LogP contribution in [0.1, 0.15) is 24.1 Å². The minimum atomic E-state index is -3.19. The lowest BCUT2D eigenvalue weighted by Gasteiger charge is -2.32. The number of aliphatic imine (C=N–C) groups is 1. The monoisotopic (exact) mass is 479 g/mol. The van der Waals surface area contributed by atoms with E-state index in [4.69, 9.17) is 16.6 Å². The number of piperidine rings is 1. The molecule has 1 N–H and O–H groups in total. The molecule has 3 heterocycles. The fraction of sp³-hybridized carbons (Fsp3) is 0.240. The van der Waals surface area contributed by atoms with Crippen molar-refractivity contribution in [2.75, 3.05) is 19.3 Å². The molecule has 3 aliphatic rings. The lowest BCUT2D eigenvalue weighted by molar-refractivity contribution is -0.292. The summed E-state index contributed by atoms with van der Waals surface area (Å²) < 4.78 is 25.6. The van der Waals surface area contributed by atoms with Crippen LogP contribution in [-0.4, -0.2) is 49.6 Å². The average Bonchev–Trinajstić information content (AvgIpc) is 3.27. The summed E-state index contributed by atoms with van der Waals surface area (Å²) in [5, 5.41) is 2.80. The van der Waals surface area contributed by atoms with Gasteiger partial charge in [0.15, 0.2) is 0 Å². The molecule has 0 spiro atoms. The van der Waals surface area contributed by atoms with Gasteiger partial charge in [0.1, 0.15) is 6.21 Å². The Morgan fingerprint density at radius 2 is 2.00 bits per heavy atom. The molecule has 6 nitrogen and oxygen atoms in total. The van der Waals surface area contributed by atoms with E-state index in [1.807, 2.05) is 36.7 Å². The van der Waals surface area contributed by atoms with Crippen molar-refractivity contribution < 1.29 is 13.4 Å². The normalized spacial score (nSPS) is 21.2. The first kappa shape index (κ1) is 21.9. The van der Waals surface area contributed by atoms with Gasteiger partial charge in [0.25, 0.3) is 6.34 Å². The topological polar surface area (TPSA) is 76.6 Å². The highest BCUT2D eigenvalue weighted by Gasteiger charge is 2.30. The van der Waals surface area contributed by atoms with Crippen molar-refractivity contribution in [3.63, 3.8) is 0 Å². The molecule has 2 aromatic rings. The minimum absolute atomic E-state index is 0.194. The fourth-order valence-electron chi connectivity index (χ4n) is 4.69. The molecule has 0 saturated carbocycles. The van der Waals surface area contributed by atoms with Crippen molar-refractivity contribution in [2.24, 2.45) is 10.9 Å². The maximum absolute atomic E-state index is 12.0. The third kappa shape index (κ3) is 4.49. The van der Waals surface area contributed by atoms with Gasteiger partial charge in [-0.05, 0) is 81.8 Å². The summed E-state index contributed by atoms with van der Waals surface area (Å²) in [4.78, 5) is 12.1. The minimum Gasteiger partial charge on any atom is -0.256 e. The number of nitrogens with zero attached hydrogens (tertiary/aromatic N) is 3. The molecule has 0 radical (unpaired) electrons. The summed E-state index contributed by atoms with van der Waals surface area (Å²) in [7, 11) is -3.19. The van der Waals surface area contributed by atoms with E-state index in [9.17, 15) is 8.42 Å². The maximum atomic E-state index is 12.0. The average molecular weight is 480 g/mol. The number of allylic oxidation sites excluding steroid dienone is 4. The molecule has 0 unspecified atom stereocenters. The van der Waals surface area contributed by atoms with Crippen LogP contribution in [0.5, 0.6) is 0 Å². The van der Waals surface area contributed by atoms with E-state index in [2.05, 4.69) is 34.3 Å². The Hall–Kier alpha value is -2.87. The number of hydrogen-bond acceptors (Lipinski definition) is 4. The van der Waals surface area contributed by atoms with E-state index in [0.29, 0.717) is 18.1 Å². The molecule has 2 aliphatic heterocycles. The van der Waals surface area contributed by atoms with Crippen LogP contribution in [0.15, 0.2) is 59.4 Å². The lowest BCUT2D eigenvalue weighted by atomic mass is 9.84. The highest BCUT2D eigenvalue weighted by atomic mass is 35.5. The van der Waals surface area contributed by atoms with Crippen molar-refractivity contribution in [3.05, 3.63) is 81.1 Å². The number of hydrogen-bond donors (Lipinski definition) is 1. The van der Waals surface area contributed by atoms with Gasteiger partial charge in [-0.3, -0.25) is 4.98 Å². The van der Waals surface area contributed by atoms with E-state index in [-0.39, 0.29) is 5.92 Å². The molecule has 1 aromatic heterocycles. The molecule has 0 amide bonds. The second kappa shape index (κ2) is 8.82. The van der Waals surface area contributed by atoms with Crippen molar-refractivity contribution in [1.29, 1.82) is 0 Å². The Balaban J connectivity index is 1.68. The summed E-state index contributed by atoms with van der Waals surface area (Å²) >= 11 is 6.39. The molecule has 1 aliphatic carbocycles. The van der Waals surface area contributed by atoms with E-state index < -0.39 is 10.0 Å². The van der Waals surface area contributed by atoms with Crippen molar-refractivity contribution in [2.45, 2.75) is 12.8 Å². The van der Waals surface area contributed by atoms with Gasteiger partial charge in [-0.2, -0.15) is 0 Å². The smallest absolute Gasteiger partial charge is 0.256 e. The molecule has 1 fully saturated rings. The van der Waals surface area contributed by atoms with Crippen molar-refractivity contribution in [3.8, 4) is 0 Å². The predicted molar refractivity (Wildman–Crippen MR) is 133 cm³/mol. The summed E-state index contributed by atoms with van der Waals surface area (Å²) in [6, 6.07) is 9.99. The van der Waals surface area contributed by atoms with Gasteiger partial charge in [-0.25, -0.2) is 17.7 Å². The summed E-state index contributed by atoms with van der Waals surface area (Å²) in [6.07, 6.45) is 14.3. The predicted octanol–water partition coefficient (Wildman–Crippen LogP) is 0.860. The number of aromatic nitrogens is 1. The number of fused-ring (bicyclic) bond motifs is 2. The number of benzene rings is 1. The first-order valence-electron chi connectivity index (χ1n) is 10.9. The van der Waals surface area contributed by atoms with Gasteiger partial charge in [0.2, 0.25) is 15.7 Å². The number of rotatable bonds is 3. The second-order valence-corrected chi connectivity index (χ2v) is 10.8. The summed E-state index contributed by atoms with van der Waals surface area (Å²) in [5.41, 5.74) is 5.00. The zero-order chi connectivity index (χ0) is 23.0. The zero-order valence-electron chi connectivity index (χ0n) is 18.2. The number of pyridine rings is 1. The number of halogens is 1. The largest absolute Gasteiger partial charge is 0.284 e. The SMILES string of the molecule is CS(=O)(=O)N1CCC(C2=c3ccc(Cl)cc3=CC(=CC=C3C=[NH+]C=N3)c3cccnc32)CC1. The van der Waals surface area contributed by atoms with E-state index >= 15 is 0 Å². The number of sulfonamides is 1. The van der Waals surface area contributed by atoms with Crippen molar-refractivity contribution >= 4 is 51.4 Å². The van der Waals surface area contributed by atoms with Gasteiger partial charge in [0.05, 0.1) is 11.9 Å². The van der Waals surface area contributed by atoms with E-state index in [1.165, 1.54) is 6.26 Å². The molecular formula is C25H24ClN4O2S+. The summed E-state index contributed by atoms with van der Waals surface area (Å²) in [6.45, 7) is 1.02. The van der Waals surface area contributed by atoms with Gasteiger partial charge in [-0.15, -0.1) is 0 Å². The van der Waals surface area contributed by atoms with Crippen LogP contribution in [0.2, 0.25) is 5.02 Å².